The predicted molar refractivity (Wildman–Crippen MR) is 87.9 cm³/mol. The van der Waals surface area contributed by atoms with Gasteiger partial charge in [-0.05, 0) is 47.0 Å². The first-order valence-corrected chi connectivity index (χ1v) is 8.24. The lowest BCUT2D eigenvalue weighted by Gasteiger charge is -2.34. The molecule has 0 saturated carbocycles. The van der Waals surface area contributed by atoms with E-state index >= 15 is 0 Å². The van der Waals surface area contributed by atoms with E-state index in [0.29, 0.717) is 40.9 Å². The van der Waals surface area contributed by atoms with E-state index in [1.165, 1.54) is 6.42 Å². The number of esters is 1. The van der Waals surface area contributed by atoms with Gasteiger partial charge in [-0.3, -0.25) is 0 Å². The molecule has 3 heterocycles. The molecule has 0 bridgehead atoms. The third-order valence-corrected chi connectivity index (χ3v) is 4.37. The summed E-state index contributed by atoms with van der Waals surface area (Å²) in [6.45, 7) is 8.86. The van der Waals surface area contributed by atoms with E-state index in [9.17, 15) is 4.79 Å². The fraction of sp³-hybridized carbons (Fsp3) is 0.588. The molecular formula is C17H23N3O3. The Morgan fingerprint density at radius 2 is 2.13 bits per heavy atom. The molecule has 1 unspecified atom stereocenters. The second kappa shape index (κ2) is 6.18. The molecule has 1 atom stereocenters. The number of hydrogen-bond donors (Lipinski definition) is 0. The summed E-state index contributed by atoms with van der Waals surface area (Å²) in [5.74, 6) is 1.60. The molecule has 1 saturated heterocycles. The van der Waals surface area contributed by atoms with Crippen LogP contribution in [-0.4, -0.2) is 35.1 Å². The summed E-state index contributed by atoms with van der Waals surface area (Å²) >= 11 is 0. The van der Waals surface area contributed by atoms with Crippen LogP contribution in [0.5, 0.6) is 0 Å². The van der Waals surface area contributed by atoms with Crippen molar-refractivity contribution in [3.05, 3.63) is 17.1 Å². The van der Waals surface area contributed by atoms with Crippen molar-refractivity contribution in [2.45, 2.75) is 53.0 Å². The van der Waals surface area contributed by atoms with Gasteiger partial charge in [-0.25, -0.2) is 9.78 Å². The van der Waals surface area contributed by atoms with E-state index < -0.39 is 0 Å². The first-order chi connectivity index (χ1) is 11.0. The number of ether oxygens (including phenoxy) is 1. The molecule has 0 aliphatic carbocycles. The Bertz CT molecular complexity index is 738. The lowest BCUT2D eigenvalue weighted by Crippen LogP contribution is -2.38. The molecule has 0 spiro atoms. The van der Waals surface area contributed by atoms with Crippen LogP contribution in [0.1, 0.15) is 55.1 Å². The number of aromatic nitrogens is 2. The van der Waals surface area contributed by atoms with Gasteiger partial charge >= 0.3 is 5.97 Å². The lowest BCUT2D eigenvalue weighted by molar-refractivity contribution is 0.0526. The largest absolute Gasteiger partial charge is 0.462 e. The fourth-order valence-electron chi connectivity index (χ4n) is 3.27. The normalized spacial score (nSPS) is 18.4. The molecule has 2 aromatic rings. The van der Waals surface area contributed by atoms with Gasteiger partial charge in [0.2, 0.25) is 5.71 Å². The zero-order valence-corrected chi connectivity index (χ0v) is 14.2. The number of fused-ring (bicyclic) bond motifs is 1. The van der Waals surface area contributed by atoms with Gasteiger partial charge in [0, 0.05) is 12.6 Å². The quantitative estimate of drug-likeness (QED) is 0.808. The lowest BCUT2D eigenvalue weighted by atomic mass is 10.0. The first kappa shape index (κ1) is 15.8. The Morgan fingerprint density at radius 1 is 1.35 bits per heavy atom. The van der Waals surface area contributed by atoms with Crippen molar-refractivity contribution in [3.8, 4) is 0 Å². The van der Waals surface area contributed by atoms with Crippen LogP contribution < -0.4 is 4.90 Å². The Hall–Kier alpha value is -2.11. The Morgan fingerprint density at radius 3 is 2.83 bits per heavy atom. The van der Waals surface area contributed by atoms with Crippen LogP contribution in [0.15, 0.2) is 4.42 Å². The molecule has 0 radical (unpaired) electrons. The standard InChI is InChI=1S/C17H23N3O3/c1-5-22-17(21)13-11(3)23-16-14(13)15(18-12(4)19-16)20-9-7-6-8-10(20)2/h10H,5-9H2,1-4H3. The highest BCUT2D eigenvalue weighted by atomic mass is 16.5. The molecule has 1 aliphatic rings. The molecule has 6 heteroatoms. The Balaban J connectivity index is 2.21. The topological polar surface area (TPSA) is 68.5 Å². The van der Waals surface area contributed by atoms with E-state index in [1.54, 1.807) is 13.8 Å². The van der Waals surface area contributed by atoms with Gasteiger partial charge in [0.1, 0.15) is 23.0 Å². The van der Waals surface area contributed by atoms with Gasteiger partial charge in [-0.1, -0.05) is 0 Å². The van der Waals surface area contributed by atoms with E-state index in [0.717, 1.165) is 25.2 Å². The molecular weight excluding hydrogens is 294 g/mol. The maximum atomic E-state index is 12.4. The number of nitrogens with zero attached hydrogens (tertiary/aromatic N) is 3. The summed E-state index contributed by atoms with van der Waals surface area (Å²) in [4.78, 5) is 23.7. The van der Waals surface area contributed by atoms with E-state index in [-0.39, 0.29) is 5.97 Å². The van der Waals surface area contributed by atoms with Crippen molar-refractivity contribution in [3.63, 3.8) is 0 Å². The van der Waals surface area contributed by atoms with Crippen LogP contribution in [-0.2, 0) is 4.74 Å². The van der Waals surface area contributed by atoms with Gasteiger partial charge in [0.25, 0.3) is 0 Å². The van der Waals surface area contributed by atoms with Gasteiger partial charge in [0.15, 0.2) is 0 Å². The SMILES string of the molecule is CCOC(=O)c1c(C)oc2nc(C)nc(N3CCCCC3C)c12. The molecule has 6 nitrogen and oxygen atoms in total. The number of carbonyl (C=O) groups is 1. The van der Waals surface area contributed by atoms with Crippen LogP contribution in [0, 0.1) is 13.8 Å². The number of furan rings is 1. The molecule has 3 rings (SSSR count). The second-order valence-electron chi connectivity index (χ2n) is 6.07. The van der Waals surface area contributed by atoms with Crippen LogP contribution in [0.4, 0.5) is 5.82 Å². The molecule has 0 N–H and O–H groups in total. The van der Waals surface area contributed by atoms with Crippen molar-refractivity contribution >= 4 is 22.9 Å². The Labute approximate surface area is 135 Å². The molecule has 0 aromatic carbocycles. The molecule has 1 fully saturated rings. The molecule has 2 aromatic heterocycles. The van der Waals surface area contributed by atoms with Crippen molar-refractivity contribution in [2.75, 3.05) is 18.1 Å². The van der Waals surface area contributed by atoms with Crippen molar-refractivity contribution in [1.29, 1.82) is 0 Å². The van der Waals surface area contributed by atoms with Gasteiger partial charge in [-0.2, -0.15) is 4.98 Å². The molecule has 1 aliphatic heterocycles. The number of aryl methyl sites for hydroxylation is 2. The van der Waals surface area contributed by atoms with Crippen molar-refractivity contribution in [2.24, 2.45) is 0 Å². The molecule has 0 amide bonds. The van der Waals surface area contributed by atoms with Crippen LogP contribution in [0.25, 0.3) is 11.1 Å². The minimum absolute atomic E-state index is 0.327. The average Bonchev–Trinajstić information content (AvgIpc) is 2.83. The maximum Gasteiger partial charge on any atom is 0.342 e. The highest BCUT2D eigenvalue weighted by Gasteiger charge is 2.29. The summed E-state index contributed by atoms with van der Waals surface area (Å²) in [7, 11) is 0. The maximum absolute atomic E-state index is 12.4. The minimum atomic E-state index is -0.373. The highest BCUT2D eigenvalue weighted by molar-refractivity contribution is 6.08. The second-order valence-corrected chi connectivity index (χ2v) is 6.07. The van der Waals surface area contributed by atoms with Crippen LogP contribution >= 0.6 is 0 Å². The summed E-state index contributed by atoms with van der Waals surface area (Å²) in [6.07, 6.45) is 3.47. The summed E-state index contributed by atoms with van der Waals surface area (Å²) in [5, 5.41) is 0.681. The minimum Gasteiger partial charge on any atom is -0.462 e. The predicted octanol–water partition coefficient (Wildman–Crippen LogP) is 3.40. The zero-order valence-electron chi connectivity index (χ0n) is 14.2. The number of hydrogen-bond acceptors (Lipinski definition) is 6. The number of rotatable bonds is 3. The molecule has 23 heavy (non-hydrogen) atoms. The van der Waals surface area contributed by atoms with Gasteiger partial charge < -0.3 is 14.1 Å². The van der Waals surface area contributed by atoms with Crippen molar-refractivity contribution < 1.29 is 13.9 Å². The van der Waals surface area contributed by atoms with E-state index in [4.69, 9.17) is 9.15 Å². The zero-order chi connectivity index (χ0) is 16.6. The summed E-state index contributed by atoms with van der Waals surface area (Å²) in [5.41, 5.74) is 0.917. The number of anilines is 1. The van der Waals surface area contributed by atoms with Gasteiger partial charge in [-0.15, -0.1) is 0 Å². The average molecular weight is 317 g/mol. The summed E-state index contributed by atoms with van der Waals surface area (Å²) < 4.78 is 10.9. The van der Waals surface area contributed by atoms with E-state index in [1.807, 2.05) is 6.92 Å². The first-order valence-electron chi connectivity index (χ1n) is 8.24. The smallest absolute Gasteiger partial charge is 0.342 e. The van der Waals surface area contributed by atoms with Crippen LogP contribution in [0.2, 0.25) is 0 Å². The molecule has 124 valence electrons. The van der Waals surface area contributed by atoms with Gasteiger partial charge in [0.05, 0.1) is 12.0 Å². The third kappa shape index (κ3) is 2.78. The van der Waals surface area contributed by atoms with E-state index in [2.05, 4.69) is 21.8 Å². The Kier molecular flexibility index (Phi) is 4.24. The van der Waals surface area contributed by atoms with Crippen molar-refractivity contribution in [1.82, 2.24) is 9.97 Å². The number of piperidine rings is 1. The highest BCUT2D eigenvalue weighted by Crippen LogP contribution is 2.35. The fourth-order valence-corrected chi connectivity index (χ4v) is 3.27. The monoisotopic (exact) mass is 317 g/mol. The van der Waals surface area contributed by atoms with Crippen LogP contribution in [0.3, 0.4) is 0 Å². The number of carbonyl (C=O) groups excluding carboxylic acids is 1. The third-order valence-electron chi connectivity index (χ3n) is 4.37. The summed E-state index contributed by atoms with van der Waals surface area (Å²) in [6, 6.07) is 0.381.